The van der Waals surface area contributed by atoms with Gasteiger partial charge in [0.05, 0.1) is 19.8 Å². The maximum Gasteiger partial charge on any atom is 0.161 e. The van der Waals surface area contributed by atoms with Crippen molar-refractivity contribution in [1.29, 1.82) is 0 Å². The van der Waals surface area contributed by atoms with Gasteiger partial charge in [0, 0.05) is 12.5 Å². The predicted molar refractivity (Wildman–Crippen MR) is 164 cm³/mol. The van der Waals surface area contributed by atoms with Crippen LogP contribution >= 0.6 is 0 Å². The molecule has 2 aromatic rings. The van der Waals surface area contributed by atoms with E-state index in [9.17, 15) is 10.2 Å². The van der Waals surface area contributed by atoms with Gasteiger partial charge in [-0.15, -0.1) is 0 Å². The Labute approximate surface area is 250 Å². The van der Waals surface area contributed by atoms with Gasteiger partial charge < -0.3 is 38.6 Å². The Kier molecular flexibility index (Phi) is 14.3. The molecule has 2 aromatic carbocycles. The van der Waals surface area contributed by atoms with Crippen molar-refractivity contribution < 1.29 is 38.6 Å². The first-order chi connectivity index (χ1) is 20.4. The monoisotopic (exact) mass is 582 g/mol. The molecule has 3 rings (SSSR count). The molecule has 0 radical (unpaired) electrons. The third kappa shape index (κ3) is 11.1. The van der Waals surface area contributed by atoms with Gasteiger partial charge in [0.2, 0.25) is 0 Å². The third-order valence-corrected chi connectivity index (χ3v) is 6.35. The van der Waals surface area contributed by atoms with Crippen LogP contribution in [-0.2, 0) is 15.9 Å². The molecule has 0 saturated carbocycles. The van der Waals surface area contributed by atoms with Gasteiger partial charge >= 0.3 is 0 Å². The highest BCUT2D eigenvalue weighted by Gasteiger charge is 2.22. The number of aliphatic hydroxyl groups is 2. The molecule has 0 aromatic heterocycles. The lowest BCUT2D eigenvalue weighted by atomic mass is 10.0. The zero-order chi connectivity index (χ0) is 30.2. The zero-order valence-electron chi connectivity index (χ0n) is 25.3. The van der Waals surface area contributed by atoms with Crippen LogP contribution in [0.25, 0.3) is 0 Å². The summed E-state index contributed by atoms with van der Waals surface area (Å²) in [6.45, 7) is 9.29. The van der Waals surface area contributed by atoms with Gasteiger partial charge in [-0.3, -0.25) is 0 Å². The van der Waals surface area contributed by atoms with E-state index >= 15 is 0 Å². The van der Waals surface area contributed by atoms with Crippen molar-refractivity contribution in [3.05, 3.63) is 83.7 Å². The van der Waals surface area contributed by atoms with Gasteiger partial charge in [-0.25, -0.2) is 0 Å². The summed E-state index contributed by atoms with van der Waals surface area (Å²) in [5.41, 5.74) is 2.30. The summed E-state index contributed by atoms with van der Waals surface area (Å²) in [5, 5.41) is 21.0. The molecule has 0 fully saturated rings. The average molecular weight is 583 g/mol. The fourth-order valence-corrected chi connectivity index (χ4v) is 4.40. The minimum atomic E-state index is -0.851. The van der Waals surface area contributed by atoms with Crippen molar-refractivity contribution in [2.24, 2.45) is 0 Å². The summed E-state index contributed by atoms with van der Waals surface area (Å²) in [6, 6.07) is 13.0. The maximum atomic E-state index is 10.5. The first-order valence-electron chi connectivity index (χ1n) is 14.8. The molecule has 0 amide bonds. The van der Waals surface area contributed by atoms with Crippen LogP contribution in [0.4, 0.5) is 0 Å². The van der Waals surface area contributed by atoms with E-state index in [4.69, 9.17) is 28.4 Å². The van der Waals surface area contributed by atoms with Gasteiger partial charge in [0.15, 0.2) is 11.5 Å². The molecule has 1 aliphatic rings. The second kappa shape index (κ2) is 18.2. The smallest absolute Gasteiger partial charge is 0.161 e. The van der Waals surface area contributed by atoms with E-state index in [1.54, 1.807) is 24.3 Å². The van der Waals surface area contributed by atoms with Crippen molar-refractivity contribution in [3.8, 4) is 23.0 Å². The Morgan fingerprint density at radius 3 is 2.14 bits per heavy atom. The summed E-state index contributed by atoms with van der Waals surface area (Å²) < 4.78 is 34.8. The molecule has 8 heteroatoms. The Morgan fingerprint density at radius 1 is 0.786 bits per heavy atom. The zero-order valence-corrected chi connectivity index (χ0v) is 25.3. The van der Waals surface area contributed by atoms with Crippen molar-refractivity contribution >= 4 is 0 Å². The third-order valence-electron chi connectivity index (χ3n) is 6.35. The summed E-state index contributed by atoms with van der Waals surface area (Å²) in [7, 11) is 0. The van der Waals surface area contributed by atoms with Crippen molar-refractivity contribution in [2.75, 3.05) is 39.6 Å². The van der Waals surface area contributed by atoms with Gasteiger partial charge in [-0.1, -0.05) is 43.7 Å². The quantitative estimate of drug-likeness (QED) is 0.214. The summed E-state index contributed by atoms with van der Waals surface area (Å²) in [5.74, 6) is 3.11. The molecular weight excluding hydrogens is 536 g/mol. The lowest BCUT2D eigenvalue weighted by molar-refractivity contribution is -0.0306. The van der Waals surface area contributed by atoms with E-state index in [1.807, 2.05) is 63.3 Å². The number of aliphatic hydroxyl groups excluding tert-OH is 2. The molecule has 0 bridgehead atoms. The largest absolute Gasteiger partial charge is 0.495 e. The fraction of sp³-hybridized carbons (Fsp3) is 0.471. The maximum absolute atomic E-state index is 10.5. The minimum absolute atomic E-state index is 0.0409. The first-order valence-corrected chi connectivity index (χ1v) is 14.8. The highest BCUT2D eigenvalue weighted by Crippen LogP contribution is 2.29. The predicted octanol–water partition coefficient (Wildman–Crippen LogP) is 5.81. The number of rotatable bonds is 19. The molecule has 2 N–H and O–H groups in total. The highest BCUT2D eigenvalue weighted by atomic mass is 16.5. The molecule has 1 aliphatic carbocycles. The topological polar surface area (TPSA) is 95.8 Å². The minimum Gasteiger partial charge on any atom is -0.495 e. The van der Waals surface area contributed by atoms with E-state index in [0.29, 0.717) is 42.6 Å². The van der Waals surface area contributed by atoms with Crippen molar-refractivity contribution in [2.45, 2.75) is 65.3 Å². The number of ether oxygens (including phenoxy) is 6. The lowest BCUT2D eigenvalue weighted by Gasteiger charge is -2.25. The van der Waals surface area contributed by atoms with Gasteiger partial charge in [-0.05, 0) is 68.7 Å². The molecule has 0 heterocycles. The van der Waals surface area contributed by atoms with Gasteiger partial charge in [-0.2, -0.15) is 0 Å². The summed E-state index contributed by atoms with van der Waals surface area (Å²) >= 11 is 0. The average Bonchev–Trinajstić information content (AvgIpc) is 2.99. The number of benzene rings is 2. The van der Waals surface area contributed by atoms with Crippen LogP contribution < -0.4 is 18.9 Å². The molecule has 3 unspecified atom stereocenters. The van der Waals surface area contributed by atoms with Gasteiger partial charge in [0.1, 0.15) is 55.4 Å². The van der Waals surface area contributed by atoms with E-state index in [2.05, 4.69) is 6.92 Å². The van der Waals surface area contributed by atoms with Crippen LogP contribution in [0.1, 0.15) is 46.1 Å². The highest BCUT2D eigenvalue weighted by molar-refractivity contribution is 5.43. The van der Waals surface area contributed by atoms with Crippen molar-refractivity contribution in [3.63, 3.8) is 0 Å². The standard InChI is InChI=1S/C34H46O8/c1-5-10-25-14-16-31(37-7-3)33(18-25)41-23-27(35)21-39-29-12-9-13-30(20-29)40-22-28(36)24-42-34-19-26(11-6-2)15-17-32(34)38-8-4/h5,9-10,12-17,19-20,27-28,33,35-36H,6-8,11,18,21-24H2,1-4H3/b10-5+. The Balaban J connectivity index is 1.44. The second-order valence-electron chi connectivity index (χ2n) is 9.95. The van der Waals surface area contributed by atoms with E-state index in [-0.39, 0.29) is 32.5 Å². The molecule has 42 heavy (non-hydrogen) atoms. The van der Waals surface area contributed by atoms with Crippen LogP contribution in [0.3, 0.4) is 0 Å². The SMILES string of the molecule is C/C=C/C1=CC=C(OCC)C(OCC(O)COc2cccc(OCC(O)COc3cc(CCC)ccc3OCC)c2)C1. The molecule has 230 valence electrons. The molecule has 0 aliphatic heterocycles. The van der Waals surface area contributed by atoms with Gasteiger partial charge in [0.25, 0.3) is 0 Å². The van der Waals surface area contributed by atoms with Crippen molar-refractivity contribution in [1.82, 2.24) is 0 Å². The fourth-order valence-electron chi connectivity index (χ4n) is 4.40. The van der Waals surface area contributed by atoms with E-state index in [1.165, 1.54) is 0 Å². The molecule has 0 spiro atoms. The summed E-state index contributed by atoms with van der Waals surface area (Å²) in [6.07, 6.45) is 8.70. The van der Waals surface area contributed by atoms with E-state index < -0.39 is 12.2 Å². The van der Waals surface area contributed by atoms with Crippen LogP contribution in [0.2, 0.25) is 0 Å². The Morgan fingerprint density at radius 2 is 1.48 bits per heavy atom. The summed E-state index contributed by atoms with van der Waals surface area (Å²) in [4.78, 5) is 0. The van der Waals surface area contributed by atoms with Crippen LogP contribution in [0.15, 0.2) is 78.1 Å². The number of hydrogen-bond donors (Lipinski definition) is 2. The molecule has 8 nitrogen and oxygen atoms in total. The van der Waals surface area contributed by atoms with Crippen LogP contribution in [0.5, 0.6) is 23.0 Å². The normalized spacial score (nSPS) is 16.4. The Bertz CT molecular complexity index is 1170. The van der Waals surface area contributed by atoms with Crippen LogP contribution in [0, 0.1) is 0 Å². The molecule has 3 atom stereocenters. The second-order valence-corrected chi connectivity index (χ2v) is 9.95. The first kappa shape index (κ1) is 33.0. The van der Waals surface area contributed by atoms with Crippen LogP contribution in [-0.4, -0.2) is 68.2 Å². The molecule has 0 saturated heterocycles. The number of allylic oxidation sites excluding steroid dienone is 4. The Hall–Kier alpha value is -3.46. The lowest BCUT2D eigenvalue weighted by Crippen LogP contribution is -2.29. The van der Waals surface area contributed by atoms with E-state index in [0.717, 1.165) is 29.7 Å². The number of aryl methyl sites for hydroxylation is 1. The number of hydrogen-bond acceptors (Lipinski definition) is 8. The molecular formula is C34H46O8.